The van der Waals surface area contributed by atoms with Crippen molar-refractivity contribution in [2.75, 3.05) is 46.2 Å². The Labute approximate surface area is 135 Å². The number of ether oxygens (including phenoxy) is 3. The van der Waals surface area contributed by atoms with Crippen LogP contribution in [0.15, 0.2) is 0 Å². The van der Waals surface area contributed by atoms with E-state index in [9.17, 15) is 0 Å². The van der Waals surface area contributed by atoms with Crippen LogP contribution in [0.1, 0.15) is 41.5 Å². The molecule has 0 radical (unpaired) electrons. The third-order valence-electron chi connectivity index (χ3n) is 2.46. The average molecular weight is 340 g/mol. The molecule has 8 heteroatoms. The summed E-state index contributed by atoms with van der Waals surface area (Å²) in [5.41, 5.74) is 0. The van der Waals surface area contributed by atoms with Crippen molar-refractivity contribution in [3.8, 4) is 0 Å². The third kappa shape index (κ3) is 7.47. The monoisotopic (exact) mass is 340 g/mol. The molecule has 22 heavy (non-hydrogen) atoms. The summed E-state index contributed by atoms with van der Waals surface area (Å²) in [4.78, 5) is 0. The van der Waals surface area contributed by atoms with Gasteiger partial charge in [-0.05, 0) is 41.5 Å². The summed E-state index contributed by atoms with van der Waals surface area (Å²) in [7, 11) is -3.39. The molecule has 0 saturated carbocycles. The van der Waals surface area contributed by atoms with E-state index in [4.69, 9.17) is 31.9 Å². The second-order valence-electron chi connectivity index (χ2n) is 4.09. The van der Waals surface area contributed by atoms with Gasteiger partial charge in [-0.1, -0.05) is 0 Å². The van der Waals surface area contributed by atoms with Gasteiger partial charge in [-0.25, -0.2) is 0 Å². The lowest BCUT2D eigenvalue weighted by atomic mass is 10.5. The van der Waals surface area contributed by atoms with Crippen LogP contribution in [-0.4, -0.2) is 61.3 Å². The molecule has 0 unspecified atom stereocenters. The van der Waals surface area contributed by atoms with Crippen LogP contribution in [0.4, 0.5) is 0 Å². The highest BCUT2D eigenvalue weighted by atomic mass is 28.4. The fourth-order valence-electron chi connectivity index (χ4n) is 1.81. The largest absolute Gasteiger partial charge is 0.683 e. The smallest absolute Gasteiger partial charge is 0.373 e. The first kappa shape index (κ1) is 21.9. The highest BCUT2D eigenvalue weighted by Gasteiger charge is 2.54. The summed E-state index contributed by atoms with van der Waals surface area (Å²) in [6.45, 7) is 13.8. The van der Waals surface area contributed by atoms with E-state index in [1.165, 1.54) is 0 Å². The maximum Gasteiger partial charge on any atom is 0.683 e. The van der Waals surface area contributed by atoms with E-state index in [1.54, 1.807) is 0 Å². The van der Waals surface area contributed by atoms with Crippen molar-refractivity contribution >= 4 is 9.05 Å². The molecule has 0 aromatic carbocycles. The van der Waals surface area contributed by atoms with Crippen LogP contribution in [0, 0.1) is 0 Å². The lowest BCUT2D eigenvalue weighted by molar-refractivity contribution is -0.378. The van der Waals surface area contributed by atoms with Crippen LogP contribution >= 0.6 is 0 Å². The van der Waals surface area contributed by atoms with Gasteiger partial charge in [0.1, 0.15) is 6.61 Å². The van der Waals surface area contributed by atoms with Crippen molar-refractivity contribution in [3.63, 3.8) is 0 Å². The maximum atomic E-state index is 6.03. The Kier molecular flexibility index (Phi) is 12.3. The van der Waals surface area contributed by atoms with Crippen LogP contribution in [-0.2, 0) is 31.9 Å². The predicted molar refractivity (Wildman–Crippen MR) is 84.2 cm³/mol. The zero-order chi connectivity index (χ0) is 16.9. The van der Waals surface area contributed by atoms with Gasteiger partial charge in [0.2, 0.25) is 0 Å². The Balaban J connectivity index is 5.35. The highest BCUT2D eigenvalue weighted by Crippen LogP contribution is 2.25. The van der Waals surface area contributed by atoms with E-state index in [-0.39, 0.29) is 6.61 Å². The molecule has 134 valence electrons. The van der Waals surface area contributed by atoms with Crippen LogP contribution < -0.4 is 0 Å². The standard InChI is InChI=1S/C14H32O7Si/c1-7-15-13-14(16-8-2,17-9-3)21-22(18-10-4,19-11-5)20-12-6/h7-13H2,1-6H3. The second-order valence-corrected chi connectivity index (χ2v) is 6.16. The van der Waals surface area contributed by atoms with Gasteiger partial charge < -0.3 is 27.5 Å². The van der Waals surface area contributed by atoms with Crippen molar-refractivity contribution in [2.24, 2.45) is 0 Å². The summed E-state index contributed by atoms with van der Waals surface area (Å²) in [5.74, 6) is -1.40. The fourth-order valence-corrected chi connectivity index (χ4v) is 3.86. The van der Waals surface area contributed by atoms with Crippen LogP contribution in [0.3, 0.4) is 0 Å². The minimum Gasteiger partial charge on any atom is -0.373 e. The number of hydrogen-bond acceptors (Lipinski definition) is 7. The zero-order valence-corrected chi connectivity index (χ0v) is 15.8. The molecular formula is C14H32O7Si. The molecule has 0 aromatic rings. The molecular weight excluding hydrogens is 308 g/mol. The number of hydrogen-bond donors (Lipinski definition) is 0. The van der Waals surface area contributed by atoms with E-state index < -0.39 is 15.0 Å². The van der Waals surface area contributed by atoms with Crippen LogP contribution in [0.2, 0.25) is 0 Å². The first-order valence-electron chi connectivity index (χ1n) is 8.05. The van der Waals surface area contributed by atoms with Gasteiger partial charge >= 0.3 is 15.0 Å². The van der Waals surface area contributed by atoms with Gasteiger partial charge in [0.25, 0.3) is 0 Å². The molecule has 0 bridgehead atoms. The molecule has 0 fully saturated rings. The zero-order valence-electron chi connectivity index (χ0n) is 14.8. The Hall–Kier alpha value is -0.0631. The summed E-state index contributed by atoms with van der Waals surface area (Å²) < 4.78 is 40.0. The molecule has 0 amide bonds. The summed E-state index contributed by atoms with van der Waals surface area (Å²) in [6.07, 6.45) is 0. The van der Waals surface area contributed by atoms with Gasteiger partial charge in [0.15, 0.2) is 0 Å². The van der Waals surface area contributed by atoms with Crippen molar-refractivity contribution in [1.82, 2.24) is 0 Å². The van der Waals surface area contributed by atoms with Gasteiger partial charge in [-0.15, -0.1) is 0 Å². The average Bonchev–Trinajstić information content (AvgIpc) is 2.46. The summed E-state index contributed by atoms with van der Waals surface area (Å²) >= 11 is 0. The van der Waals surface area contributed by atoms with Crippen molar-refractivity contribution in [2.45, 2.75) is 47.5 Å². The molecule has 0 saturated heterocycles. The molecule has 0 aromatic heterocycles. The topological polar surface area (TPSA) is 64.6 Å². The molecule has 0 spiro atoms. The summed E-state index contributed by atoms with van der Waals surface area (Å²) in [6, 6.07) is 0. The van der Waals surface area contributed by atoms with E-state index in [1.807, 2.05) is 41.5 Å². The highest BCUT2D eigenvalue weighted by molar-refractivity contribution is 6.53. The lowest BCUT2D eigenvalue weighted by Crippen LogP contribution is -2.59. The van der Waals surface area contributed by atoms with Gasteiger partial charge in [0, 0.05) is 39.6 Å². The molecule has 0 aliphatic carbocycles. The van der Waals surface area contributed by atoms with Gasteiger partial charge in [-0.2, -0.15) is 0 Å². The second kappa shape index (κ2) is 12.4. The van der Waals surface area contributed by atoms with E-state index in [2.05, 4.69) is 0 Å². The number of rotatable bonds is 15. The van der Waals surface area contributed by atoms with Gasteiger partial charge in [-0.3, -0.25) is 4.43 Å². The Morgan fingerprint density at radius 3 is 1.41 bits per heavy atom. The fraction of sp³-hybridized carbons (Fsp3) is 1.00. The van der Waals surface area contributed by atoms with Crippen LogP contribution in [0.25, 0.3) is 0 Å². The first-order chi connectivity index (χ1) is 10.6. The SMILES string of the molecule is CCOCC(OCC)(OCC)O[Si](OCC)(OCC)OCC. The minimum atomic E-state index is -3.39. The minimum absolute atomic E-state index is 0.104. The summed E-state index contributed by atoms with van der Waals surface area (Å²) in [5, 5.41) is 0. The Morgan fingerprint density at radius 2 is 1.09 bits per heavy atom. The maximum absolute atomic E-state index is 6.03. The van der Waals surface area contributed by atoms with E-state index >= 15 is 0 Å². The van der Waals surface area contributed by atoms with Crippen molar-refractivity contribution < 1.29 is 31.9 Å². The quantitative estimate of drug-likeness (QED) is 0.335. The molecule has 0 N–H and O–H groups in total. The molecule has 7 nitrogen and oxygen atoms in total. The Bertz CT molecular complexity index is 243. The van der Waals surface area contributed by atoms with E-state index in [0.29, 0.717) is 39.6 Å². The molecule has 0 rings (SSSR count). The third-order valence-corrected chi connectivity index (χ3v) is 4.94. The molecule has 0 heterocycles. The predicted octanol–water partition coefficient (Wildman–Crippen LogP) is 2.31. The van der Waals surface area contributed by atoms with Gasteiger partial charge in [0.05, 0.1) is 0 Å². The lowest BCUT2D eigenvalue weighted by Gasteiger charge is -2.38. The molecule has 0 atom stereocenters. The first-order valence-corrected chi connectivity index (χ1v) is 9.68. The normalized spacial score (nSPS) is 12.8. The van der Waals surface area contributed by atoms with E-state index in [0.717, 1.165) is 0 Å². The molecule has 0 aliphatic heterocycles. The Morgan fingerprint density at radius 1 is 0.636 bits per heavy atom. The van der Waals surface area contributed by atoms with Crippen LogP contribution in [0.5, 0.6) is 0 Å². The van der Waals surface area contributed by atoms with Crippen molar-refractivity contribution in [1.29, 1.82) is 0 Å². The van der Waals surface area contributed by atoms with Crippen molar-refractivity contribution in [3.05, 3.63) is 0 Å². The molecule has 0 aliphatic rings.